The number of ether oxygens (including phenoxy) is 1. The molecule has 27 heavy (non-hydrogen) atoms. The molecule has 146 valence electrons. The minimum Gasteiger partial charge on any atom is -0.484 e. The van der Waals surface area contributed by atoms with Gasteiger partial charge in [0.25, 0.3) is 15.9 Å². The van der Waals surface area contributed by atoms with Crippen LogP contribution >= 0.6 is 11.6 Å². The third kappa shape index (κ3) is 6.77. The van der Waals surface area contributed by atoms with Gasteiger partial charge < -0.3 is 10.1 Å². The normalized spacial score (nSPS) is 12.3. The lowest BCUT2D eigenvalue weighted by atomic mass is 10.2. The molecule has 0 aliphatic rings. The number of sulfonamides is 1. The van der Waals surface area contributed by atoms with E-state index in [1.165, 1.54) is 24.3 Å². The van der Waals surface area contributed by atoms with Gasteiger partial charge >= 0.3 is 0 Å². The zero-order valence-corrected chi connectivity index (χ0v) is 16.8. The molecule has 2 rings (SSSR count). The van der Waals surface area contributed by atoms with Crippen molar-refractivity contribution in [1.29, 1.82) is 0 Å². The molecule has 1 unspecified atom stereocenters. The van der Waals surface area contributed by atoms with Crippen LogP contribution in [0.2, 0.25) is 5.02 Å². The first-order chi connectivity index (χ1) is 12.8. The molecule has 6 nitrogen and oxygen atoms in total. The fraction of sp³-hybridized carbons (Fsp3) is 0.316. The molecule has 0 fully saturated rings. The average Bonchev–Trinajstić information content (AvgIpc) is 2.62. The van der Waals surface area contributed by atoms with E-state index in [0.29, 0.717) is 16.5 Å². The Balaban J connectivity index is 1.93. The lowest BCUT2D eigenvalue weighted by Crippen LogP contribution is -2.35. The number of anilines is 1. The zero-order chi connectivity index (χ0) is 19.9. The molecule has 1 atom stereocenters. The summed E-state index contributed by atoms with van der Waals surface area (Å²) in [5.41, 5.74) is 0.414. The van der Waals surface area contributed by atoms with E-state index in [0.717, 1.165) is 12.8 Å². The Morgan fingerprint density at radius 2 is 1.74 bits per heavy atom. The lowest BCUT2D eigenvalue weighted by molar-refractivity contribution is -0.123. The van der Waals surface area contributed by atoms with Crippen molar-refractivity contribution in [1.82, 2.24) is 5.32 Å². The van der Waals surface area contributed by atoms with Crippen molar-refractivity contribution in [2.45, 2.75) is 37.6 Å². The first-order valence-corrected chi connectivity index (χ1v) is 10.5. The average molecular weight is 411 g/mol. The molecule has 0 saturated carbocycles. The smallest absolute Gasteiger partial charge is 0.261 e. The molecule has 0 aliphatic heterocycles. The third-order valence-electron chi connectivity index (χ3n) is 3.73. The quantitative estimate of drug-likeness (QED) is 0.658. The SMILES string of the molecule is CCCC(C)NC(=O)COc1ccc(S(=O)(=O)Nc2ccc(Cl)cc2)cc1. The molecule has 0 bridgehead atoms. The highest BCUT2D eigenvalue weighted by Gasteiger charge is 2.14. The van der Waals surface area contributed by atoms with Gasteiger partial charge in [0, 0.05) is 16.8 Å². The summed E-state index contributed by atoms with van der Waals surface area (Å²) in [6.45, 7) is 3.87. The Morgan fingerprint density at radius 1 is 1.11 bits per heavy atom. The van der Waals surface area contributed by atoms with Gasteiger partial charge in [0.2, 0.25) is 0 Å². The fourth-order valence-electron chi connectivity index (χ4n) is 2.42. The molecule has 0 heterocycles. The number of hydrogen-bond donors (Lipinski definition) is 2. The monoisotopic (exact) mass is 410 g/mol. The summed E-state index contributed by atoms with van der Waals surface area (Å²) >= 11 is 5.79. The predicted molar refractivity (Wildman–Crippen MR) is 107 cm³/mol. The van der Waals surface area contributed by atoms with Crippen LogP contribution in [0, 0.1) is 0 Å². The van der Waals surface area contributed by atoms with E-state index in [2.05, 4.69) is 17.0 Å². The Morgan fingerprint density at radius 3 is 2.33 bits per heavy atom. The lowest BCUT2D eigenvalue weighted by Gasteiger charge is -2.13. The summed E-state index contributed by atoms with van der Waals surface area (Å²) in [4.78, 5) is 11.9. The summed E-state index contributed by atoms with van der Waals surface area (Å²) in [5, 5.41) is 3.36. The molecule has 0 saturated heterocycles. The Hall–Kier alpha value is -2.25. The largest absolute Gasteiger partial charge is 0.484 e. The van der Waals surface area contributed by atoms with Crippen molar-refractivity contribution in [2.75, 3.05) is 11.3 Å². The summed E-state index contributed by atoms with van der Waals surface area (Å²) in [5.74, 6) is 0.204. The zero-order valence-electron chi connectivity index (χ0n) is 15.2. The van der Waals surface area contributed by atoms with E-state index in [1.807, 2.05) is 6.92 Å². The van der Waals surface area contributed by atoms with Crippen LogP contribution in [-0.4, -0.2) is 27.0 Å². The van der Waals surface area contributed by atoms with E-state index in [1.54, 1.807) is 24.3 Å². The minimum atomic E-state index is -3.72. The molecule has 1 amide bonds. The van der Waals surface area contributed by atoms with Gasteiger partial charge in [0.15, 0.2) is 6.61 Å². The number of carbonyl (C=O) groups excluding carboxylic acids is 1. The Labute approximate surface area is 164 Å². The summed E-state index contributed by atoms with van der Waals surface area (Å²) in [7, 11) is -3.72. The van der Waals surface area contributed by atoms with Gasteiger partial charge in [-0.15, -0.1) is 0 Å². The highest BCUT2D eigenvalue weighted by molar-refractivity contribution is 7.92. The molecule has 0 radical (unpaired) electrons. The van der Waals surface area contributed by atoms with Gasteiger partial charge in [-0.25, -0.2) is 8.42 Å². The van der Waals surface area contributed by atoms with Gasteiger partial charge in [-0.2, -0.15) is 0 Å². The van der Waals surface area contributed by atoms with Gasteiger partial charge in [-0.05, 0) is 61.9 Å². The number of hydrogen-bond acceptors (Lipinski definition) is 4. The van der Waals surface area contributed by atoms with Crippen molar-refractivity contribution < 1.29 is 17.9 Å². The summed E-state index contributed by atoms with van der Waals surface area (Å²) in [6, 6.07) is 12.3. The van der Waals surface area contributed by atoms with Gasteiger partial charge in [0.1, 0.15) is 5.75 Å². The number of halogens is 1. The standard InChI is InChI=1S/C19H23ClN2O4S/c1-3-4-14(2)21-19(23)13-26-17-9-11-18(12-10-17)27(24,25)22-16-7-5-15(20)6-8-16/h5-12,14,22H,3-4,13H2,1-2H3,(H,21,23). The molecule has 8 heteroatoms. The highest BCUT2D eigenvalue weighted by Crippen LogP contribution is 2.20. The molecule has 0 aliphatic carbocycles. The number of nitrogens with one attached hydrogen (secondary N) is 2. The van der Waals surface area contributed by atoms with Crippen LogP contribution in [-0.2, 0) is 14.8 Å². The van der Waals surface area contributed by atoms with Crippen LogP contribution in [0.1, 0.15) is 26.7 Å². The van der Waals surface area contributed by atoms with Gasteiger partial charge in [-0.1, -0.05) is 24.9 Å². The molecular weight excluding hydrogens is 388 g/mol. The van der Waals surface area contributed by atoms with Crippen molar-refractivity contribution in [3.63, 3.8) is 0 Å². The second kappa shape index (κ2) is 9.62. The van der Waals surface area contributed by atoms with Gasteiger partial charge in [0.05, 0.1) is 4.90 Å². The van der Waals surface area contributed by atoms with Crippen LogP contribution in [0.4, 0.5) is 5.69 Å². The molecule has 2 aromatic rings. The van der Waals surface area contributed by atoms with E-state index < -0.39 is 10.0 Å². The van der Waals surface area contributed by atoms with Crippen LogP contribution in [0.15, 0.2) is 53.4 Å². The fourth-order valence-corrected chi connectivity index (χ4v) is 3.60. The maximum absolute atomic E-state index is 12.4. The first kappa shape index (κ1) is 21.1. The van der Waals surface area contributed by atoms with Crippen LogP contribution in [0.25, 0.3) is 0 Å². The predicted octanol–water partition coefficient (Wildman–Crippen LogP) is 3.82. The van der Waals surface area contributed by atoms with Crippen LogP contribution in [0.3, 0.4) is 0 Å². The minimum absolute atomic E-state index is 0.0887. The van der Waals surface area contributed by atoms with Crippen LogP contribution in [0.5, 0.6) is 5.75 Å². The molecular formula is C19H23ClN2O4S. The maximum Gasteiger partial charge on any atom is 0.261 e. The van der Waals surface area contributed by atoms with E-state index in [4.69, 9.17) is 16.3 Å². The van der Waals surface area contributed by atoms with Gasteiger partial charge in [-0.3, -0.25) is 9.52 Å². The van der Waals surface area contributed by atoms with Crippen molar-refractivity contribution in [3.8, 4) is 5.75 Å². The van der Waals surface area contributed by atoms with Crippen molar-refractivity contribution in [3.05, 3.63) is 53.6 Å². The summed E-state index contributed by atoms with van der Waals surface area (Å²) in [6.07, 6.45) is 1.89. The number of benzene rings is 2. The van der Waals surface area contributed by atoms with E-state index in [9.17, 15) is 13.2 Å². The van der Waals surface area contributed by atoms with E-state index >= 15 is 0 Å². The number of rotatable bonds is 9. The van der Waals surface area contributed by atoms with Crippen molar-refractivity contribution >= 4 is 33.2 Å². The number of amides is 1. The second-order valence-electron chi connectivity index (χ2n) is 6.13. The Kier molecular flexibility index (Phi) is 7.50. The number of carbonyl (C=O) groups is 1. The molecule has 0 aromatic heterocycles. The van der Waals surface area contributed by atoms with Crippen molar-refractivity contribution in [2.24, 2.45) is 0 Å². The first-order valence-electron chi connectivity index (χ1n) is 8.61. The Bertz CT molecular complexity index is 852. The molecule has 2 aromatic carbocycles. The summed E-state index contributed by atoms with van der Waals surface area (Å²) < 4.78 is 32.7. The third-order valence-corrected chi connectivity index (χ3v) is 5.38. The highest BCUT2D eigenvalue weighted by atomic mass is 35.5. The topological polar surface area (TPSA) is 84.5 Å². The molecule has 0 spiro atoms. The maximum atomic E-state index is 12.4. The second-order valence-corrected chi connectivity index (χ2v) is 8.25. The molecule has 2 N–H and O–H groups in total. The van der Waals surface area contributed by atoms with E-state index in [-0.39, 0.29) is 23.5 Å². The van der Waals surface area contributed by atoms with Crippen LogP contribution < -0.4 is 14.8 Å².